The Labute approximate surface area is 123 Å². The number of anilines is 1. The van der Waals surface area contributed by atoms with Crippen LogP contribution in [0.4, 0.5) is 5.69 Å². The van der Waals surface area contributed by atoms with Crippen LogP contribution in [0.3, 0.4) is 0 Å². The maximum absolute atomic E-state index is 5.49. The van der Waals surface area contributed by atoms with Crippen molar-refractivity contribution >= 4 is 5.69 Å². The Bertz CT molecular complexity index is 419. The molecule has 1 atom stereocenters. The highest BCUT2D eigenvalue weighted by molar-refractivity contribution is 5.57. The highest BCUT2D eigenvalue weighted by atomic mass is 16.5. The molecule has 20 heavy (non-hydrogen) atoms. The molecular weight excluding hydrogens is 248 g/mol. The monoisotopic (exact) mass is 276 g/mol. The van der Waals surface area contributed by atoms with Crippen molar-refractivity contribution in [1.82, 2.24) is 5.32 Å². The van der Waals surface area contributed by atoms with Crippen molar-refractivity contribution in [2.45, 2.75) is 39.7 Å². The fourth-order valence-electron chi connectivity index (χ4n) is 2.94. The van der Waals surface area contributed by atoms with Gasteiger partial charge in [-0.25, -0.2) is 0 Å². The SMILES string of the molecule is CCNC(C)c1ccc2c(c1)CCCN2CCOCC. The van der Waals surface area contributed by atoms with Gasteiger partial charge in [0.15, 0.2) is 0 Å². The minimum Gasteiger partial charge on any atom is -0.380 e. The van der Waals surface area contributed by atoms with E-state index in [9.17, 15) is 0 Å². The van der Waals surface area contributed by atoms with E-state index in [1.807, 2.05) is 0 Å². The van der Waals surface area contributed by atoms with E-state index in [0.29, 0.717) is 6.04 Å². The molecular formula is C17H28N2O. The van der Waals surface area contributed by atoms with E-state index in [1.165, 1.54) is 29.7 Å². The molecule has 1 aromatic rings. The third-order valence-electron chi connectivity index (χ3n) is 4.04. The van der Waals surface area contributed by atoms with Gasteiger partial charge in [-0.1, -0.05) is 19.1 Å². The van der Waals surface area contributed by atoms with E-state index in [2.05, 4.69) is 49.2 Å². The summed E-state index contributed by atoms with van der Waals surface area (Å²) in [4.78, 5) is 2.47. The summed E-state index contributed by atoms with van der Waals surface area (Å²) in [5.74, 6) is 0. The van der Waals surface area contributed by atoms with Gasteiger partial charge >= 0.3 is 0 Å². The summed E-state index contributed by atoms with van der Waals surface area (Å²) < 4.78 is 5.49. The molecule has 0 saturated carbocycles. The Morgan fingerprint density at radius 2 is 2.20 bits per heavy atom. The molecule has 112 valence electrons. The first kappa shape index (κ1) is 15.3. The second-order valence-corrected chi connectivity index (χ2v) is 5.46. The van der Waals surface area contributed by atoms with Gasteiger partial charge in [0.1, 0.15) is 0 Å². The molecule has 0 spiro atoms. The molecule has 1 unspecified atom stereocenters. The normalized spacial score (nSPS) is 16.1. The van der Waals surface area contributed by atoms with Crippen molar-refractivity contribution in [2.75, 3.05) is 37.7 Å². The highest BCUT2D eigenvalue weighted by Crippen LogP contribution is 2.29. The number of rotatable bonds is 7. The molecule has 1 aliphatic heterocycles. The quantitative estimate of drug-likeness (QED) is 0.774. The Balaban J connectivity index is 2.09. The number of ether oxygens (including phenoxy) is 1. The van der Waals surface area contributed by atoms with Gasteiger partial charge in [0.05, 0.1) is 6.61 Å². The van der Waals surface area contributed by atoms with E-state index in [0.717, 1.165) is 32.8 Å². The van der Waals surface area contributed by atoms with E-state index in [4.69, 9.17) is 4.74 Å². The van der Waals surface area contributed by atoms with Crippen LogP contribution in [-0.4, -0.2) is 32.8 Å². The summed E-state index contributed by atoms with van der Waals surface area (Å²) in [6, 6.07) is 7.38. The molecule has 0 aliphatic carbocycles. The Kier molecular flexibility index (Phi) is 5.86. The fourth-order valence-corrected chi connectivity index (χ4v) is 2.94. The molecule has 0 aromatic heterocycles. The predicted molar refractivity (Wildman–Crippen MR) is 85.6 cm³/mol. The van der Waals surface area contributed by atoms with Crippen molar-refractivity contribution in [1.29, 1.82) is 0 Å². The van der Waals surface area contributed by atoms with Gasteiger partial charge in [0, 0.05) is 31.4 Å². The van der Waals surface area contributed by atoms with Crippen LogP contribution in [0.15, 0.2) is 18.2 Å². The molecule has 0 saturated heterocycles. The fraction of sp³-hybridized carbons (Fsp3) is 0.647. The van der Waals surface area contributed by atoms with Gasteiger partial charge in [0.2, 0.25) is 0 Å². The number of nitrogens with one attached hydrogen (secondary N) is 1. The van der Waals surface area contributed by atoms with Gasteiger partial charge in [-0.2, -0.15) is 0 Å². The average Bonchev–Trinajstić information content (AvgIpc) is 2.47. The van der Waals surface area contributed by atoms with Crippen molar-refractivity contribution in [2.24, 2.45) is 0 Å². The van der Waals surface area contributed by atoms with Gasteiger partial charge in [-0.05, 0) is 50.4 Å². The summed E-state index contributed by atoms with van der Waals surface area (Å²) in [5, 5.41) is 3.49. The third kappa shape index (κ3) is 3.74. The maximum Gasteiger partial charge on any atom is 0.0641 e. The van der Waals surface area contributed by atoms with Gasteiger partial charge in [0.25, 0.3) is 0 Å². The second-order valence-electron chi connectivity index (χ2n) is 5.46. The van der Waals surface area contributed by atoms with Crippen LogP contribution in [0, 0.1) is 0 Å². The van der Waals surface area contributed by atoms with E-state index >= 15 is 0 Å². The zero-order chi connectivity index (χ0) is 14.4. The highest BCUT2D eigenvalue weighted by Gasteiger charge is 2.17. The van der Waals surface area contributed by atoms with Crippen LogP contribution >= 0.6 is 0 Å². The minimum absolute atomic E-state index is 0.434. The molecule has 2 rings (SSSR count). The van der Waals surface area contributed by atoms with Crippen LogP contribution in [0.25, 0.3) is 0 Å². The lowest BCUT2D eigenvalue weighted by Crippen LogP contribution is -2.32. The van der Waals surface area contributed by atoms with Gasteiger partial charge in [-0.15, -0.1) is 0 Å². The maximum atomic E-state index is 5.49. The number of hydrogen-bond acceptors (Lipinski definition) is 3. The summed E-state index contributed by atoms with van der Waals surface area (Å²) in [5.41, 5.74) is 4.30. The van der Waals surface area contributed by atoms with Crippen LogP contribution in [-0.2, 0) is 11.2 Å². The van der Waals surface area contributed by atoms with Gasteiger partial charge < -0.3 is 15.0 Å². The Hall–Kier alpha value is -1.06. The lowest BCUT2D eigenvalue weighted by molar-refractivity contribution is 0.153. The van der Waals surface area contributed by atoms with Crippen molar-refractivity contribution < 1.29 is 4.74 Å². The van der Waals surface area contributed by atoms with Crippen LogP contribution in [0.2, 0.25) is 0 Å². The predicted octanol–water partition coefficient (Wildman–Crippen LogP) is 3.15. The molecule has 0 bridgehead atoms. The first-order valence-electron chi connectivity index (χ1n) is 7.95. The molecule has 0 fully saturated rings. The molecule has 1 heterocycles. The van der Waals surface area contributed by atoms with Gasteiger partial charge in [-0.3, -0.25) is 0 Å². The number of aryl methyl sites for hydroxylation is 1. The molecule has 1 aromatic carbocycles. The molecule has 3 nitrogen and oxygen atoms in total. The second kappa shape index (κ2) is 7.65. The lowest BCUT2D eigenvalue weighted by Gasteiger charge is -2.32. The molecule has 0 radical (unpaired) electrons. The largest absolute Gasteiger partial charge is 0.380 e. The minimum atomic E-state index is 0.434. The van der Waals surface area contributed by atoms with Crippen LogP contribution < -0.4 is 10.2 Å². The molecule has 1 N–H and O–H groups in total. The topological polar surface area (TPSA) is 24.5 Å². The van der Waals surface area contributed by atoms with Crippen LogP contribution in [0.1, 0.15) is 44.4 Å². The van der Waals surface area contributed by atoms with E-state index < -0.39 is 0 Å². The number of fused-ring (bicyclic) bond motifs is 1. The first-order chi connectivity index (χ1) is 9.76. The number of benzene rings is 1. The molecule has 0 amide bonds. The zero-order valence-electron chi connectivity index (χ0n) is 13.1. The van der Waals surface area contributed by atoms with E-state index in [1.54, 1.807) is 0 Å². The van der Waals surface area contributed by atoms with E-state index in [-0.39, 0.29) is 0 Å². The smallest absolute Gasteiger partial charge is 0.0641 e. The number of nitrogens with zero attached hydrogens (tertiary/aromatic N) is 1. The Morgan fingerprint density at radius 1 is 1.35 bits per heavy atom. The van der Waals surface area contributed by atoms with Crippen LogP contribution in [0.5, 0.6) is 0 Å². The summed E-state index contributed by atoms with van der Waals surface area (Å²) in [6.07, 6.45) is 2.45. The Morgan fingerprint density at radius 3 is 2.95 bits per heavy atom. The molecule has 1 aliphatic rings. The first-order valence-corrected chi connectivity index (χ1v) is 7.95. The number of hydrogen-bond donors (Lipinski definition) is 1. The lowest BCUT2D eigenvalue weighted by atomic mass is 9.97. The zero-order valence-corrected chi connectivity index (χ0v) is 13.1. The summed E-state index contributed by atoms with van der Waals surface area (Å²) in [7, 11) is 0. The standard InChI is InChI=1S/C17H28N2O/c1-4-18-14(3)15-8-9-17-16(13-15)7-6-10-19(17)11-12-20-5-2/h8-9,13-14,18H,4-7,10-12H2,1-3H3. The van der Waals surface area contributed by atoms with Crippen molar-refractivity contribution in [3.8, 4) is 0 Å². The van der Waals surface area contributed by atoms with Crippen molar-refractivity contribution in [3.05, 3.63) is 29.3 Å². The molecule has 3 heteroatoms. The summed E-state index contributed by atoms with van der Waals surface area (Å²) >= 11 is 0. The average molecular weight is 276 g/mol. The summed E-state index contributed by atoms with van der Waals surface area (Å²) in [6.45, 7) is 11.2. The third-order valence-corrected chi connectivity index (χ3v) is 4.04. The van der Waals surface area contributed by atoms with Crippen molar-refractivity contribution in [3.63, 3.8) is 0 Å².